The highest BCUT2D eigenvalue weighted by Gasteiger charge is 2.43. The summed E-state index contributed by atoms with van der Waals surface area (Å²) in [6.45, 7) is 1.88. The first kappa shape index (κ1) is 17.3. The van der Waals surface area contributed by atoms with Gasteiger partial charge in [0.25, 0.3) is 0 Å². The van der Waals surface area contributed by atoms with Crippen LogP contribution in [0.1, 0.15) is 24.8 Å². The van der Waals surface area contributed by atoms with Gasteiger partial charge in [0, 0.05) is 42.9 Å². The fourth-order valence-corrected chi connectivity index (χ4v) is 4.35. The molecule has 1 aliphatic rings. The zero-order chi connectivity index (χ0) is 16.7. The summed E-state index contributed by atoms with van der Waals surface area (Å²) in [6, 6.07) is 10.8. The summed E-state index contributed by atoms with van der Waals surface area (Å²) >= 11 is 3.52. The molecule has 0 bridgehead atoms. The van der Waals surface area contributed by atoms with Crippen LogP contribution in [-0.4, -0.2) is 36.8 Å². The lowest BCUT2D eigenvalue weighted by Crippen LogP contribution is -2.41. The lowest BCUT2D eigenvalue weighted by atomic mass is 9.96. The van der Waals surface area contributed by atoms with Gasteiger partial charge in [-0.1, -0.05) is 42.1 Å². The number of thioether (sulfide) groups is 1. The molecule has 1 aliphatic carbocycles. The molecular weight excluding hydrogens is 336 g/mol. The largest absolute Gasteiger partial charge is 0.356 e. The highest BCUT2D eigenvalue weighted by atomic mass is 32.2. The van der Waals surface area contributed by atoms with E-state index in [0.717, 1.165) is 35.6 Å². The molecule has 2 aromatic rings. The van der Waals surface area contributed by atoms with E-state index in [-0.39, 0.29) is 0 Å². The molecule has 0 amide bonds. The smallest absolute Gasteiger partial charge is 0.191 e. The number of hydrogen-bond acceptors (Lipinski definition) is 4. The van der Waals surface area contributed by atoms with Gasteiger partial charge in [0.1, 0.15) is 4.34 Å². The third-order valence-electron chi connectivity index (χ3n) is 4.31. The quantitative estimate of drug-likeness (QED) is 0.327. The van der Waals surface area contributed by atoms with E-state index in [1.807, 2.05) is 30.4 Å². The van der Waals surface area contributed by atoms with E-state index in [1.54, 1.807) is 11.3 Å². The summed E-state index contributed by atoms with van der Waals surface area (Å²) in [5.74, 6) is 1.97. The van der Waals surface area contributed by atoms with Gasteiger partial charge in [0.05, 0.1) is 0 Å². The van der Waals surface area contributed by atoms with Crippen LogP contribution in [0.3, 0.4) is 0 Å². The molecule has 0 spiro atoms. The Hall–Kier alpha value is -1.53. The summed E-state index contributed by atoms with van der Waals surface area (Å²) in [5, 5.41) is 8.93. The van der Waals surface area contributed by atoms with Crippen molar-refractivity contribution in [1.82, 2.24) is 15.6 Å². The van der Waals surface area contributed by atoms with Crippen LogP contribution in [0.2, 0.25) is 0 Å². The van der Waals surface area contributed by atoms with Crippen molar-refractivity contribution in [3.63, 3.8) is 0 Å². The maximum atomic E-state index is 4.34. The topological polar surface area (TPSA) is 49.3 Å². The summed E-state index contributed by atoms with van der Waals surface area (Å²) in [6.07, 6.45) is 5.46. The van der Waals surface area contributed by atoms with Gasteiger partial charge in [-0.15, -0.1) is 11.3 Å². The molecule has 1 saturated carbocycles. The van der Waals surface area contributed by atoms with E-state index in [4.69, 9.17) is 0 Å². The summed E-state index contributed by atoms with van der Waals surface area (Å²) < 4.78 is 1.15. The maximum Gasteiger partial charge on any atom is 0.191 e. The predicted molar refractivity (Wildman–Crippen MR) is 104 cm³/mol. The normalized spacial score (nSPS) is 16.0. The van der Waals surface area contributed by atoms with Crippen molar-refractivity contribution in [3.8, 4) is 0 Å². The number of benzene rings is 1. The first-order valence-corrected chi connectivity index (χ1v) is 10.2. The van der Waals surface area contributed by atoms with Gasteiger partial charge in [0.15, 0.2) is 5.96 Å². The minimum Gasteiger partial charge on any atom is -0.356 e. The first-order chi connectivity index (χ1) is 11.8. The van der Waals surface area contributed by atoms with Gasteiger partial charge in [-0.05, 0) is 24.8 Å². The predicted octanol–water partition coefficient (Wildman–Crippen LogP) is 3.52. The van der Waals surface area contributed by atoms with Crippen LogP contribution >= 0.6 is 23.1 Å². The van der Waals surface area contributed by atoms with Crippen molar-refractivity contribution in [1.29, 1.82) is 0 Å². The van der Waals surface area contributed by atoms with Gasteiger partial charge < -0.3 is 10.6 Å². The number of aromatic nitrogens is 1. The second-order valence-corrected chi connectivity index (χ2v) is 8.24. The van der Waals surface area contributed by atoms with Crippen molar-refractivity contribution in [2.75, 3.05) is 25.9 Å². The molecule has 24 heavy (non-hydrogen) atoms. The third kappa shape index (κ3) is 4.74. The Bertz CT molecular complexity index is 636. The number of aliphatic imine (C=N–C) groups is 1. The highest BCUT2D eigenvalue weighted by molar-refractivity contribution is 8.00. The molecule has 0 atom stereocenters. The molecule has 1 aromatic carbocycles. The third-order valence-corrected chi connectivity index (χ3v) is 6.36. The molecule has 1 heterocycles. The Kier molecular flexibility index (Phi) is 6.15. The molecule has 128 valence electrons. The number of rotatable bonds is 8. The van der Waals surface area contributed by atoms with E-state index < -0.39 is 0 Å². The molecule has 3 rings (SSSR count). The molecular formula is C18H24N4S2. The van der Waals surface area contributed by atoms with Crippen molar-refractivity contribution in [3.05, 3.63) is 47.5 Å². The number of nitrogens with zero attached hydrogens (tertiary/aromatic N) is 2. The summed E-state index contributed by atoms with van der Waals surface area (Å²) in [5.41, 5.74) is 1.74. The second kappa shape index (κ2) is 8.53. The number of thiazole rings is 1. The van der Waals surface area contributed by atoms with Crippen molar-refractivity contribution in [2.24, 2.45) is 4.99 Å². The zero-order valence-corrected chi connectivity index (χ0v) is 15.6. The summed E-state index contributed by atoms with van der Waals surface area (Å²) in [4.78, 5) is 8.62. The average molecular weight is 361 g/mol. The van der Waals surface area contributed by atoms with E-state index in [9.17, 15) is 0 Å². The Morgan fingerprint density at radius 3 is 2.79 bits per heavy atom. The standard InChI is InChI=1S/C18H24N4S2/c1-19-16(20-10-5-12-23-17-21-11-13-24-17)22-14-18(8-9-18)15-6-3-2-4-7-15/h2-4,6-7,11,13H,5,8-10,12,14H2,1H3,(H2,19,20,22). The molecule has 2 N–H and O–H groups in total. The van der Waals surface area contributed by atoms with Crippen LogP contribution < -0.4 is 10.6 Å². The first-order valence-electron chi connectivity index (χ1n) is 8.35. The number of nitrogens with one attached hydrogen (secondary N) is 2. The van der Waals surface area contributed by atoms with E-state index in [2.05, 4.69) is 50.9 Å². The molecule has 0 saturated heterocycles. The average Bonchev–Trinajstić information content (AvgIpc) is 3.24. The highest BCUT2D eigenvalue weighted by Crippen LogP contribution is 2.47. The Labute approximate surface area is 152 Å². The number of hydrogen-bond donors (Lipinski definition) is 2. The fourth-order valence-electron chi connectivity index (χ4n) is 2.70. The maximum absolute atomic E-state index is 4.34. The SMILES string of the molecule is CN=C(NCCCSc1nccs1)NCC1(c2ccccc2)CC1. The van der Waals surface area contributed by atoms with Crippen LogP contribution in [0.15, 0.2) is 51.2 Å². The zero-order valence-electron chi connectivity index (χ0n) is 14.0. The van der Waals surface area contributed by atoms with Crippen LogP contribution in [-0.2, 0) is 5.41 Å². The minimum atomic E-state index is 0.305. The lowest BCUT2D eigenvalue weighted by Gasteiger charge is -2.19. The van der Waals surface area contributed by atoms with Crippen LogP contribution in [0.4, 0.5) is 0 Å². The molecule has 1 fully saturated rings. The van der Waals surface area contributed by atoms with E-state index in [1.165, 1.54) is 18.4 Å². The fraction of sp³-hybridized carbons (Fsp3) is 0.444. The van der Waals surface area contributed by atoms with Gasteiger partial charge in [-0.3, -0.25) is 4.99 Å². The van der Waals surface area contributed by atoms with Crippen LogP contribution in [0.5, 0.6) is 0 Å². The molecule has 0 radical (unpaired) electrons. The second-order valence-electron chi connectivity index (χ2n) is 6.00. The summed E-state index contributed by atoms with van der Waals surface area (Å²) in [7, 11) is 1.84. The van der Waals surface area contributed by atoms with Crippen molar-refractivity contribution < 1.29 is 0 Å². The van der Waals surface area contributed by atoms with Crippen LogP contribution in [0.25, 0.3) is 0 Å². The Morgan fingerprint density at radius 2 is 2.12 bits per heavy atom. The molecule has 0 aliphatic heterocycles. The Balaban J connectivity index is 1.36. The molecule has 0 unspecified atom stereocenters. The van der Waals surface area contributed by atoms with Gasteiger partial charge in [-0.25, -0.2) is 4.98 Å². The van der Waals surface area contributed by atoms with Gasteiger partial charge in [-0.2, -0.15) is 0 Å². The van der Waals surface area contributed by atoms with E-state index in [0.29, 0.717) is 5.41 Å². The van der Waals surface area contributed by atoms with Crippen molar-refractivity contribution >= 4 is 29.1 Å². The molecule has 6 heteroatoms. The molecule has 1 aromatic heterocycles. The van der Waals surface area contributed by atoms with Crippen molar-refractivity contribution in [2.45, 2.75) is 29.0 Å². The van der Waals surface area contributed by atoms with Gasteiger partial charge in [0.2, 0.25) is 0 Å². The minimum absolute atomic E-state index is 0.305. The van der Waals surface area contributed by atoms with Crippen LogP contribution in [0, 0.1) is 0 Å². The monoisotopic (exact) mass is 360 g/mol. The number of guanidine groups is 1. The van der Waals surface area contributed by atoms with E-state index >= 15 is 0 Å². The van der Waals surface area contributed by atoms with Gasteiger partial charge >= 0.3 is 0 Å². The molecule has 4 nitrogen and oxygen atoms in total. The Morgan fingerprint density at radius 1 is 1.29 bits per heavy atom. The lowest BCUT2D eigenvalue weighted by molar-refractivity contribution is 0.645.